The summed E-state index contributed by atoms with van der Waals surface area (Å²) in [7, 11) is 0. The fourth-order valence-corrected chi connectivity index (χ4v) is 1.16. The normalized spacial score (nSPS) is 11.1. The topological polar surface area (TPSA) is 66.4 Å². The molecule has 4 nitrogen and oxygen atoms in total. The van der Waals surface area contributed by atoms with E-state index in [1.165, 1.54) is 13.8 Å². The number of carbonyl (C=O) groups is 2. The molecule has 0 aromatic heterocycles. The third-order valence-corrected chi connectivity index (χ3v) is 2.39. The Morgan fingerprint density at radius 2 is 1.72 bits per heavy atom. The monoisotopic (exact) mass is 257 g/mol. The van der Waals surface area contributed by atoms with Gasteiger partial charge in [0.25, 0.3) is 5.91 Å². The molecular weight excluding hydrogens is 244 g/mol. The summed E-state index contributed by atoms with van der Waals surface area (Å²) in [5.74, 6) is -3.52. The van der Waals surface area contributed by atoms with Crippen molar-refractivity contribution in [3.63, 3.8) is 0 Å². The van der Waals surface area contributed by atoms with Crippen molar-refractivity contribution in [2.45, 2.75) is 13.8 Å². The first-order valence-electron chi connectivity index (χ1n) is 5.20. The minimum Gasteiger partial charge on any atom is -0.481 e. The van der Waals surface area contributed by atoms with Gasteiger partial charge >= 0.3 is 5.97 Å². The number of rotatable bonds is 4. The van der Waals surface area contributed by atoms with E-state index in [0.29, 0.717) is 6.07 Å². The molecule has 2 N–H and O–H groups in total. The van der Waals surface area contributed by atoms with E-state index < -0.39 is 28.9 Å². The van der Waals surface area contributed by atoms with Gasteiger partial charge in [-0.2, -0.15) is 0 Å². The number of carbonyl (C=O) groups excluding carboxylic acids is 1. The number of hydrogen-bond donors (Lipinski definition) is 2. The van der Waals surface area contributed by atoms with Crippen LogP contribution in [0.25, 0.3) is 0 Å². The lowest BCUT2D eigenvalue weighted by Crippen LogP contribution is -2.38. The Hall–Kier alpha value is -1.98. The molecule has 6 heteroatoms. The van der Waals surface area contributed by atoms with Gasteiger partial charge in [0.05, 0.1) is 5.41 Å². The molecule has 18 heavy (non-hydrogen) atoms. The van der Waals surface area contributed by atoms with E-state index in [0.717, 1.165) is 12.1 Å². The van der Waals surface area contributed by atoms with Crippen molar-refractivity contribution < 1.29 is 23.5 Å². The van der Waals surface area contributed by atoms with Gasteiger partial charge in [-0.1, -0.05) is 0 Å². The number of carboxylic acids is 1. The van der Waals surface area contributed by atoms with Crippen LogP contribution in [-0.2, 0) is 4.79 Å². The smallest absolute Gasteiger partial charge is 0.310 e. The summed E-state index contributed by atoms with van der Waals surface area (Å²) in [5, 5.41) is 11.2. The lowest BCUT2D eigenvalue weighted by molar-refractivity contribution is -0.146. The van der Waals surface area contributed by atoms with Crippen molar-refractivity contribution in [1.29, 1.82) is 0 Å². The predicted molar refractivity (Wildman–Crippen MR) is 60.1 cm³/mol. The fourth-order valence-electron chi connectivity index (χ4n) is 1.16. The highest BCUT2D eigenvalue weighted by molar-refractivity contribution is 5.94. The molecule has 0 bridgehead atoms. The van der Waals surface area contributed by atoms with Gasteiger partial charge in [0.2, 0.25) is 0 Å². The van der Waals surface area contributed by atoms with Crippen LogP contribution in [-0.4, -0.2) is 23.5 Å². The van der Waals surface area contributed by atoms with Crippen molar-refractivity contribution in [3.8, 4) is 0 Å². The van der Waals surface area contributed by atoms with Crippen LogP contribution in [0.15, 0.2) is 18.2 Å². The van der Waals surface area contributed by atoms with E-state index in [2.05, 4.69) is 5.32 Å². The van der Waals surface area contributed by atoms with Crippen LogP contribution in [0.3, 0.4) is 0 Å². The Morgan fingerprint density at radius 1 is 1.22 bits per heavy atom. The van der Waals surface area contributed by atoms with Crippen LogP contribution in [0, 0.1) is 17.0 Å². The van der Waals surface area contributed by atoms with Gasteiger partial charge in [0.15, 0.2) is 0 Å². The number of benzene rings is 1. The quantitative estimate of drug-likeness (QED) is 0.864. The summed E-state index contributed by atoms with van der Waals surface area (Å²) in [6.07, 6.45) is 0. The van der Waals surface area contributed by atoms with Crippen LogP contribution < -0.4 is 5.32 Å². The third-order valence-electron chi connectivity index (χ3n) is 2.39. The molecule has 0 spiro atoms. The largest absolute Gasteiger partial charge is 0.481 e. The average molecular weight is 257 g/mol. The molecule has 0 heterocycles. The van der Waals surface area contributed by atoms with Crippen molar-refractivity contribution in [2.75, 3.05) is 6.54 Å². The molecule has 0 aliphatic rings. The second kappa shape index (κ2) is 5.12. The molecule has 0 saturated carbocycles. The Morgan fingerprint density at radius 3 is 2.17 bits per heavy atom. The highest BCUT2D eigenvalue weighted by Gasteiger charge is 2.27. The Labute approximate surface area is 103 Å². The van der Waals surface area contributed by atoms with Crippen LogP contribution in [0.4, 0.5) is 8.78 Å². The SMILES string of the molecule is CC(C)(CNC(=O)c1cc(F)cc(F)c1)C(=O)O. The number of amides is 1. The molecule has 0 aliphatic heterocycles. The van der Waals surface area contributed by atoms with Gasteiger partial charge in [-0.15, -0.1) is 0 Å². The standard InChI is InChI=1S/C12H13F2NO3/c1-12(2,11(17)18)6-15-10(16)7-3-8(13)5-9(14)4-7/h3-5H,6H2,1-2H3,(H,15,16)(H,17,18). The molecule has 0 unspecified atom stereocenters. The Kier molecular flexibility index (Phi) is 4.00. The van der Waals surface area contributed by atoms with E-state index in [1.54, 1.807) is 0 Å². The van der Waals surface area contributed by atoms with Crippen LogP contribution in [0.2, 0.25) is 0 Å². The molecule has 1 amide bonds. The van der Waals surface area contributed by atoms with E-state index in [-0.39, 0.29) is 12.1 Å². The van der Waals surface area contributed by atoms with Crippen molar-refractivity contribution in [3.05, 3.63) is 35.4 Å². The van der Waals surface area contributed by atoms with Gasteiger partial charge in [0.1, 0.15) is 11.6 Å². The summed E-state index contributed by atoms with van der Waals surface area (Å²) in [6, 6.07) is 2.41. The van der Waals surface area contributed by atoms with Crippen LogP contribution in [0.1, 0.15) is 24.2 Å². The zero-order valence-corrected chi connectivity index (χ0v) is 9.96. The molecule has 0 fully saturated rings. The summed E-state index contributed by atoms with van der Waals surface area (Å²) in [5.41, 5.74) is -1.34. The first-order valence-corrected chi connectivity index (χ1v) is 5.20. The van der Waals surface area contributed by atoms with Crippen LogP contribution in [0.5, 0.6) is 0 Å². The van der Waals surface area contributed by atoms with Crippen LogP contribution >= 0.6 is 0 Å². The Balaban J connectivity index is 2.75. The molecule has 0 atom stereocenters. The maximum Gasteiger partial charge on any atom is 0.310 e. The summed E-state index contributed by atoms with van der Waals surface area (Å²) < 4.78 is 25.8. The highest BCUT2D eigenvalue weighted by atomic mass is 19.1. The van der Waals surface area contributed by atoms with E-state index >= 15 is 0 Å². The summed E-state index contributed by atoms with van der Waals surface area (Å²) in [6.45, 7) is 2.73. The second-order valence-corrected chi connectivity index (χ2v) is 4.53. The fraction of sp³-hybridized carbons (Fsp3) is 0.333. The number of hydrogen-bond acceptors (Lipinski definition) is 2. The first kappa shape index (κ1) is 14.1. The zero-order valence-electron chi connectivity index (χ0n) is 9.96. The highest BCUT2D eigenvalue weighted by Crippen LogP contribution is 2.14. The van der Waals surface area contributed by atoms with Gasteiger partial charge < -0.3 is 10.4 Å². The maximum atomic E-state index is 12.9. The lowest BCUT2D eigenvalue weighted by Gasteiger charge is -2.19. The molecule has 1 aromatic rings. The number of carboxylic acid groups (broad SMARTS) is 1. The summed E-state index contributed by atoms with van der Waals surface area (Å²) >= 11 is 0. The zero-order chi connectivity index (χ0) is 13.9. The average Bonchev–Trinajstić information content (AvgIpc) is 2.24. The number of halogens is 2. The van der Waals surface area contributed by atoms with Gasteiger partial charge in [-0.25, -0.2) is 8.78 Å². The van der Waals surface area contributed by atoms with Crippen molar-refractivity contribution in [2.24, 2.45) is 5.41 Å². The maximum absolute atomic E-state index is 12.9. The Bertz CT molecular complexity index is 466. The second-order valence-electron chi connectivity index (χ2n) is 4.53. The minimum absolute atomic E-state index is 0.140. The predicted octanol–water partition coefficient (Wildman–Crippen LogP) is 1.81. The first-order chi connectivity index (χ1) is 8.22. The number of aliphatic carboxylic acids is 1. The molecule has 98 valence electrons. The van der Waals surface area contributed by atoms with Crippen molar-refractivity contribution in [1.82, 2.24) is 5.32 Å². The van der Waals surface area contributed by atoms with Gasteiger partial charge in [0, 0.05) is 18.2 Å². The lowest BCUT2D eigenvalue weighted by atomic mass is 9.94. The van der Waals surface area contributed by atoms with E-state index in [4.69, 9.17) is 5.11 Å². The van der Waals surface area contributed by atoms with E-state index in [9.17, 15) is 18.4 Å². The van der Waals surface area contributed by atoms with Crippen molar-refractivity contribution >= 4 is 11.9 Å². The third kappa shape index (κ3) is 3.51. The number of nitrogens with one attached hydrogen (secondary N) is 1. The summed E-state index contributed by atoms with van der Waals surface area (Å²) in [4.78, 5) is 22.4. The molecule has 0 radical (unpaired) electrons. The van der Waals surface area contributed by atoms with Gasteiger partial charge in [-0.05, 0) is 26.0 Å². The van der Waals surface area contributed by atoms with E-state index in [1.807, 2.05) is 0 Å². The minimum atomic E-state index is -1.15. The molecule has 0 aliphatic carbocycles. The molecule has 1 aromatic carbocycles. The molecule has 1 rings (SSSR count). The van der Waals surface area contributed by atoms with Gasteiger partial charge in [-0.3, -0.25) is 9.59 Å². The molecular formula is C12H13F2NO3. The molecule has 0 saturated heterocycles.